The van der Waals surface area contributed by atoms with Crippen molar-refractivity contribution in [1.29, 1.82) is 0 Å². The van der Waals surface area contributed by atoms with E-state index in [1.165, 1.54) is 12.1 Å². The van der Waals surface area contributed by atoms with Crippen LogP contribution in [0.1, 0.15) is 45.2 Å². The van der Waals surface area contributed by atoms with Crippen LogP contribution in [0, 0.1) is 11.7 Å². The summed E-state index contributed by atoms with van der Waals surface area (Å²) in [6, 6.07) is 8.41. The van der Waals surface area contributed by atoms with Gasteiger partial charge in [0.2, 0.25) is 0 Å². The monoisotopic (exact) mass is 358 g/mol. The number of aliphatic hydroxyl groups is 1. The van der Waals surface area contributed by atoms with Gasteiger partial charge in [-0.3, -0.25) is 0 Å². The van der Waals surface area contributed by atoms with Gasteiger partial charge in [0.15, 0.2) is 0 Å². The number of anilines is 2. The van der Waals surface area contributed by atoms with E-state index in [4.69, 9.17) is 0 Å². The second-order valence-electron chi connectivity index (χ2n) is 7.62. The molecule has 1 aliphatic heterocycles. The Morgan fingerprint density at radius 3 is 2.69 bits per heavy atom. The molecule has 2 aromatic rings. The molecule has 0 amide bonds. The van der Waals surface area contributed by atoms with E-state index in [1.807, 2.05) is 26.8 Å². The van der Waals surface area contributed by atoms with Crippen LogP contribution >= 0.6 is 0 Å². The van der Waals surface area contributed by atoms with Gasteiger partial charge in [-0.05, 0) is 51.3 Å². The Hall–Kier alpha value is -2.21. The minimum atomic E-state index is -0.691. The summed E-state index contributed by atoms with van der Waals surface area (Å²) in [4.78, 5) is 10.9. The Kier molecular flexibility index (Phi) is 5.41. The molecule has 140 valence electrons. The van der Waals surface area contributed by atoms with Gasteiger partial charge in [0.1, 0.15) is 23.8 Å². The molecule has 26 heavy (non-hydrogen) atoms. The fourth-order valence-electron chi connectivity index (χ4n) is 3.42. The molecule has 5 nitrogen and oxygen atoms in total. The van der Waals surface area contributed by atoms with Gasteiger partial charge >= 0.3 is 0 Å². The molecule has 1 aliphatic rings. The summed E-state index contributed by atoms with van der Waals surface area (Å²) >= 11 is 0. The number of nitrogens with zero attached hydrogens (tertiary/aromatic N) is 3. The third kappa shape index (κ3) is 4.49. The molecule has 1 saturated heterocycles. The van der Waals surface area contributed by atoms with Gasteiger partial charge in [0.25, 0.3) is 0 Å². The van der Waals surface area contributed by atoms with E-state index in [2.05, 4.69) is 20.2 Å². The molecule has 0 bridgehead atoms. The van der Waals surface area contributed by atoms with E-state index in [9.17, 15) is 9.50 Å². The number of hydrogen-bond acceptors (Lipinski definition) is 5. The van der Waals surface area contributed by atoms with Gasteiger partial charge in [-0.25, -0.2) is 14.4 Å². The van der Waals surface area contributed by atoms with Crippen LogP contribution in [0.2, 0.25) is 0 Å². The average molecular weight is 358 g/mol. The summed E-state index contributed by atoms with van der Waals surface area (Å²) in [5.74, 6) is 1.58. The highest BCUT2D eigenvalue weighted by Crippen LogP contribution is 2.30. The lowest BCUT2D eigenvalue weighted by Gasteiger charge is -2.39. The summed E-state index contributed by atoms with van der Waals surface area (Å²) in [6.45, 7) is 7.47. The zero-order chi connectivity index (χ0) is 18.7. The van der Waals surface area contributed by atoms with Gasteiger partial charge in [-0.15, -0.1) is 0 Å². The Bertz CT molecular complexity index is 729. The average Bonchev–Trinajstić information content (AvgIpc) is 2.62. The van der Waals surface area contributed by atoms with Crippen molar-refractivity contribution in [3.05, 3.63) is 48.0 Å². The molecule has 1 aromatic carbocycles. The predicted octanol–water partition coefficient (Wildman–Crippen LogP) is 3.78. The molecule has 2 N–H and O–H groups in total. The minimum Gasteiger partial charge on any atom is -0.390 e. The van der Waals surface area contributed by atoms with Crippen LogP contribution in [-0.4, -0.2) is 33.8 Å². The molecular weight excluding hydrogens is 331 g/mol. The summed E-state index contributed by atoms with van der Waals surface area (Å²) < 4.78 is 13.1. The number of halogens is 1. The first-order valence-corrected chi connectivity index (χ1v) is 9.14. The number of aromatic nitrogens is 2. The van der Waals surface area contributed by atoms with E-state index in [1.54, 1.807) is 18.5 Å². The smallest absolute Gasteiger partial charge is 0.134 e. The summed E-state index contributed by atoms with van der Waals surface area (Å²) in [7, 11) is 0. The molecule has 0 aliphatic carbocycles. The van der Waals surface area contributed by atoms with Crippen LogP contribution in [0.5, 0.6) is 0 Å². The topological polar surface area (TPSA) is 61.3 Å². The van der Waals surface area contributed by atoms with Crippen LogP contribution < -0.4 is 10.2 Å². The highest BCUT2D eigenvalue weighted by atomic mass is 19.1. The number of rotatable bonds is 5. The van der Waals surface area contributed by atoms with E-state index in [0.717, 1.165) is 43.1 Å². The van der Waals surface area contributed by atoms with Crippen molar-refractivity contribution < 1.29 is 9.50 Å². The predicted molar refractivity (Wildman–Crippen MR) is 102 cm³/mol. The Labute approximate surface area is 154 Å². The van der Waals surface area contributed by atoms with Crippen LogP contribution in [-0.2, 0) is 0 Å². The molecule has 0 saturated carbocycles. The van der Waals surface area contributed by atoms with E-state index in [0.29, 0.717) is 0 Å². The van der Waals surface area contributed by atoms with Gasteiger partial charge < -0.3 is 15.3 Å². The van der Waals surface area contributed by atoms with Crippen molar-refractivity contribution in [2.45, 2.75) is 45.3 Å². The van der Waals surface area contributed by atoms with Crippen molar-refractivity contribution in [3.8, 4) is 0 Å². The van der Waals surface area contributed by atoms with Crippen molar-refractivity contribution in [2.75, 3.05) is 23.3 Å². The third-order valence-electron chi connectivity index (χ3n) is 5.13. The Balaban J connectivity index is 1.70. The fraction of sp³-hybridized carbons (Fsp3) is 0.500. The highest BCUT2D eigenvalue weighted by molar-refractivity contribution is 5.50. The summed E-state index contributed by atoms with van der Waals surface area (Å²) in [5.41, 5.74) is 0.302. The lowest BCUT2D eigenvalue weighted by Crippen LogP contribution is -2.45. The first-order valence-electron chi connectivity index (χ1n) is 9.14. The number of benzene rings is 1. The lowest BCUT2D eigenvalue weighted by atomic mass is 9.84. The van der Waals surface area contributed by atoms with Crippen LogP contribution in [0.25, 0.3) is 0 Å². The van der Waals surface area contributed by atoms with Gasteiger partial charge in [-0.1, -0.05) is 12.1 Å². The van der Waals surface area contributed by atoms with Crippen molar-refractivity contribution in [2.24, 2.45) is 5.92 Å². The van der Waals surface area contributed by atoms with E-state index < -0.39 is 5.60 Å². The molecular formula is C20H27FN4O. The van der Waals surface area contributed by atoms with Crippen LogP contribution in [0.4, 0.5) is 16.0 Å². The van der Waals surface area contributed by atoms with Gasteiger partial charge in [0, 0.05) is 31.1 Å². The van der Waals surface area contributed by atoms with Crippen molar-refractivity contribution >= 4 is 11.6 Å². The maximum Gasteiger partial charge on any atom is 0.134 e. The molecule has 3 rings (SSSR count). The standard InChI is InChI=1S/C20H27FN4O/c1-14(15-6-8-17(21)9-7-15)24-18-11-19(23-13-22-18)25-10-4-5-16(12-25)20(2,3)26/h6-9,11,13-14,16,26H,4-5,10,12H2,1-3H3,(H,22,23,24)/t14-,16?/m0/s1. The normalized spacial score (nSPS) is 19.3. The highest BCUT2D eigenvalue weighted by Gasteiger charge is 2.31. The summed E-state index contributed by atoms with van der Waals surface area (Å²) in [6.07, 6.45) is 3.62. The second kappa shape index (κ2) is 7.58. The molecule has 2 atom stereocenters. The molecule has 0 radical (unpaired) electrons. The van der Waals surface area contributed by atoms with E-state index >= 15 is 0 Å². The third-order valence-corrected chi connectivity index (χ3v) is 5.13. The zero-order valence-corrected chi connectivity index (χ0v) is 15.6. The molecule has 0 spiro atoms. The van der Waals surface area contributed by atoms with Crippen molar-refractivity contribution in [1.82, 2.24) is 9.97 Å². The molecule has 6 heteroatoms. The van der Waals surface area contributed by atoms with E-state index in [-0.39, 0.29) is 17.8 Å². The molecule has 1 unspecified atom stereocenters. The van der Waals surface area contributed by atoms with Crippen LogP contribution in [0.3, 0.4) is 0 Å². The van der Waals surface area contributed by atoms with Gasteiger partial charge in [-0.2, -0.15) is 0 Å². The van der Waals surface area contributed by atoms with Crippen molar-refractivity contribution in [3.63, 3.8) is 0 Å². The first kappa shape index (κ1) is 18.6. The maximum absolute atomic E-state index is 13.1. The Morgan fingerprint density at radius 1 is 1.27 bits per heavy atom. The SMILES string of the molecule is C[C@H](Nc1cc(N2CCCC(C(C)(C)O)C2)ncn1)c1ccc(F)cc1. The zero-order valence-electron chi connectivity index (χ0n) is 15.6. The second-order valence-corrected chi connectivity index (χ2v) is 7.62. The molecule has 1 aromatic heterocycles. The summed E-state index contributed by atoms with van der Waals surface area (Å²) in [5, 5.41) is 13.7. The first-order chi connectivity index (χ1) is 12.3. The Morgan fingerprint density at radius 2 is 2.00 bits per heavy atom. The quantitative estimate of drug-likeness (QED) is 0.852. The van der Waals surface area contributed by atoms with Crippen LogP contribution in [0.15, 0.2) is 36.7 Å². The minimum absolute atomic E-state index is 0.00355. The number of nitrogens with one attached hydrogen (secondary N) is 1. The fourth-order valence-corrected chi connectivity index (χ4v) is 3.42. The number of piperidine rings is 1. The lowest BCUT2D eigenvalue weighted by molar-refractivity contribution is 0.0109. The molecule has 2 heterocycles. The number of hydrogen-bond donors (Lipinski definition) is 2. The largest absolute Gasteiger partial charge is 0.390 e. The maximum atomic E-state index is 13.1. The molecule has 1 fully saturated rings. The van der Waals surface area contributed by atoms with Gasteiger partial charge in [0.05, 0.1) is 5.60 Å².